The molecule has 5 nitrogen and oxygen atoms in total. The van der Waals surface area contributed by atoms with Gasteiger partial charge in [0.1, 0.15) is 12.1 Å². The van der Waals surface area contributed by atoms with E-state index in [-0.39, 0.29) is 5.92 Å². The molecule has 0 aliphatic heterocycles. The maximum absolute atomic E-state index is 14.0. The van der Waals surface area contributed by atoms with E-state index in [1.807, 2.05) is 0 Å². The molecule has 3 rings (SSSR count). The third-order valence-electron chi connectivity index (χ3n) is 4.02. The van der Waals surface area contributed by atoms with Crippen LogP contribution in [-0.2, 0) is 4.79 Å². The number of hydrogen-bond donors (Lipinski definition) is 1. The number of amides is 1. The van der Waals surface area contributed by atoms with Crippen LogP contribution in [0.1, 0.15) is 32.1 Å². The molecule has 23 heavy (non-hydrogen) atoms. The summed E-state index contributed by atoms with van der Waals surface area (Å²) in [7, 11) is 0. The summed E-state index contributed by atoms with van der Waals surface area (Å²) in [5, 5.41) is 2.53. The fourth-order valence-electron chi connectivity index (χ4n) is 2.78. The molecule has 2 aromatic rings. The van der Waals surface area contributed by atoms with Crippen LogP contribution in [0, 0.1) is 5.92 Å². The Balaban J connectivity index is 1.62. The molecule has 120 valence electrons. The molecule has 0 bridgehead atoms. The van der Waals surface area contributed by atoms with Crippen molar-refractivity contribution < 1.29 is 9.18 Å². The molecule has 1 amide bonds. The minimum atomic E-state index is -0.715. The predicted molar refractivity (Wildman–Crippen MR) is 85.8 cm³/mol. The average molecular weight is 314 g/mol. The number of allylic oxidation sites excluding steroid dienone is 1. The third kappa shape index (κ3) is 4.03. The molecule has 0 unspecified atom stereocenters. The summed E-state index contributed by atoms with van der Waals surface area (Å²) >= 11 is 0. The third-order valence-corrected chi connectivity index (χ3v) is 4.02. The Labute approximate surface area is 134 Å². The predicted octanol–water partition coefficient (Wildman–Crippen LogP) is 3.64. The molecule has 0 saturated heterocycles. The lowest BCUT2D eigenvalue weighted by Gasteiger charge is -2.17. The highest BCUT2D eigenvalue weighted by molar-refractivity contribution is 6.01. The highest BCUT2D eigenvalue weighted by Gasteiger charge is 2.16. The Morgan fingerprint density at radius 2 is 2.13 bits per heavy atom. The van der Waals surface area contributed by atoms with Gasteiger partial charge < -0.3 is 5.32 Å². The number of anilines is 1. The molecule has 0 spiro atoms. The maximum atomic E-state index is 14.0. The molecule has 1 fully saturated rings. The monoisotopic (exact) mass is 314 g/mol. The first-order valence-electron chi connectivity index (χ1n) is 7.85. The number of hydrogen-bond acceptors (Lipinski definition) is 3. The summed E-state index contributed by atoms with van der Waals surface area (Å²) in [4.78, 5) is 20.1. The van der Waals surface area contributed by atoms with Crippen molar-refractivity contribution in [3.63, 3.8) is 0 Å². The smallest absolute Gasteiger partial charge is 0.284 e. The number of carbonyl (C=O) groups excluding carboxylic acids is 1. The summed E-state index contributed by atoms with van der Waals surface area (Å²) in [6.45, 7) is 0. The van der Waals surface area contributed by atoms with Crippen molar-refractivity contribution in [1.29, 1.82) is 0 Å². The van der Waals surface area contributed by atoms with Gasteiger partial charge in [-0.1, -0.05) is 19.3 Å². The van der Waals surface area contributed by atoms with Crippen molar-refractivity contribution >= 4 is 11.6 Å². The Hall–Kier alpha value is -2.50. The first-order valence-corrected chi connectivity index (χ1v) is 7.85. The van der Waals surface area contributed by atoms with E-state index in [0.717, 1.165) is 25.7 Å². The van der Waals surface area contributed by atoms with Crippen LogP contribution in [0.2, 0.25) is 0 Å². The zero-order chi connectivity index (χ0) is 16.1. The van der Waals surface area contributed by atoms with Crippen molar-refractivity contribution in [1.82, 2.24) is 14.5 Å². The van der Waals surface area contributed by atoms with Crippen molar-refractivity contribution in [2.24, 2.45) is 5.92 Å². The number of pyridine rings is 1. The minimum absolute atomic E-state index is 0.177. The van der Waals surface area contributed by atoms with E-state index in [2.05, 4.69) is 15.3 Å². The molecular weight excluding hydrogens is 295 g/mol. The lowest BCUT2D eigenvalue weighted by Crippen LogP contribution is -2.14. The quantitative estimate of drug-likeness (QED) is 0.877. The van der Waals surface area contributed by atoms with Crippen molar-refractivity contribution in [2.45, 2.75) is 32.1 Å². The topological polar surface area (TPSA) is 59.8 Å². The second-order valence-electron chi connectivity index (χ2n) is 5.74. The number of imidazole rings is 1. The summed E-state index contributed by atoms with van der Waals surface area (Å²) in [6.07, 6.45) is 13.4. The fourth-order valence-corrected chi connectivity index (χ4v) is 2.78. The largest absolute Gasteiger partial charge is 0.319 e. The van der Waals surface area contributed by atoms with Crippen LogP contribution >= 0.6 is 0 Å². The molecule has 1 aliphatic carbocycles. The van der Waals surface area contributed by atoms with Gasteiger partial charge in [-0.3, -0.25) is 9.36 Å². The van der Waals surface area contributed by atoms with Gasteiger partial charge in [-0.2, -0.15) is 0 Å². The van der Waals surface area contributed by atoms with Crippen molar-refractivity contribution in [3.8, 4) is 5.82 Å². The van der Waals surface area contributed by atoms with Crippen LogP contribution in [-0.4, -0.2) is 20.4 Å². The SMILES string of the molecule is O=C(Nc1ccc(-n2ccnc2)nc1)/C(F)=C/C1CCCCC1. The van der Waals surface area contributed by atoms with Gasteiger partial charge in [0, 0.05) is 12.4 Å². The summed E-state index contributed by atoms with van der Waals surface area (Å²) in [6, 6.07) is 3.42. The number of rotatable bonds is 4. The second kappa shape index (κ2) is 7.17. The van der Waals surface area contributed by atoms with Gasteiger partial charge in [0.15, 0.2) is 5.83 Å². The molecule has 2 heterocycles. The number of aromatic nitrogens is 3. The van der Waals surface area contributed by atoms with E-state index in [9.17, 15) is 9.18 Å². The highest BCUT2D eigenvalue weighted by atomic mass is 19.1. The number of nitrogens with one attached hydrogen (secondary N) is 1. The molecule has 1 N–H and O–H groups in total. The molecule has 1 saturated carbocycles. The maximum Gasteiger partial charge on any atom is 0.284 e. The standard InChI is InChI=1S/C17H19FN4O/c18-15(10-13-4-2-1-3-5-13)17(23)21-14-6-7-16(20-11-14)22-9-8-19-12-22/h6-13H,1-5H2,(H,21,23)/b15-10-. The van der Waals surface area contributed by atoms with Gasteiger partial charge in [-0.25, -0.2) is 14.4 Å². The van der Waals surface area contributed by atoms with E-state index < -0.39 is 11.7 Å². The van der Waals surface area contributed by atoms with E-state index >= 15 is 0 Å². The lowest BCUT2D eigenvalue weighted by atomic mass is 9.89. The van der Waals surface area contributed by atoms with Crippen molar-refractivity contribution in [3.05, 3.63) is 49.0 Å². The second-order valence-corrected chi connectivity index (χ2v) is 5.74. The van der Waals surface area contributed by atoms with Gasteiger partial charge in [-0.05, 0) is 37.0 Å². The summed E-state index contributed by atoms with van der Waals surface area (Å²) in [5.74, 6) is -0.571. The van der Waals surface area contributed by atoms with Crippen molar-refractivity contribution in [2.75, 3.05) is 5.32 Å². The van der Waals surface area contributed by atoms with Gasteiger partial charge in [0.2, 0.25) is 0 Å². The molecule has 0 atom stereocenters. The lowest BCUT2D eigenvalue weighted by molar-refractivity contribution is -0.114. The van der Waals surface area contributed by atoms with Gasteiger partial charge >= 0.3 is 0 Å². The number of halogens is 1. The van der Waals surface area contributed by atoms with E-state index in [4.69, 9.17) is 0 Å². The first-order chi connectivity index (χ1) is 11.2. The molecule has 2 aromatic heterocycles. The van der Waals surface area contributed by atoms with Gasteiger partial charge in [-0.15, -0.1) is 0 Å². The number of nitrogens with zero attached hydrogens (tertiary/aromatic N) is 3. The average Bonchev–Trinajstić information content (AvgIpc) is 3.11. The Kier molecular flexibility index (Phi) is 4.80. The summed E-state index contributed by atoms with van der Waals surface area (Å²) < 4.78 is 15.7. The molecular formula is C17H19FN4O. The van der Waals surface area contributed by atoms with Crippen LogP contribution < -0.4 is 5.32 Å². The molecule has 1 aliphatic rings. The van der Waals surface area contributed by atoms with Gasteiger partial charge in [0.05, 0.1) is 11.9 Å². The molecule has 0 aromatic carbocycles. The first kappa shape index (κ1) is 15.4. The minimum Gasteiger partial charge on any atom is -0.319 e. The molecule has 0 radical (unpaired) electrons. The zero-order valence-corrected chi connectivity index (χ0v) is 12.8. The Bertz CT molecular complexity index is 673. The van der Waals surface area contributed by atoms with Crippen LogP contribution in [0.3, 0.4) is 0 Å². The van der Waals surface area contributed by atoms with E-state index in [0.29, 0.717) is 11.5 Å². The fraction of sp³-hybridized carbons (Fsp3) is 0.353. The Morgan fingerprint density at radius 1 is 1.30 bits per heavy atom. The van der Waals surface area contributed by atoms with Crippen LogP contribution in [0.25, 0.3) is 5.82 Å². The Morgan fingerprint density at radius 3 is 2.78 bits per heavy atom. The van der Waals surface area contributed by atoms with E-state index in [1.165, 1.54) is 18.7 Å². The zero-order valence-electron chi connectivity index (χ0n) is 12.8. The van der Waals surface area contributed by atoms with Crippen LogP contribution in [0.4, 0.5) is 10.1 Å². The number of carbonyl (C=O) groups is 1. The van der Waals surface area contributed by atoms with Gasteiger partial charge in [0.25, 0.3) is 5.91 Å². The summed E-state index contributed by atoms with van der Waals surface area (Å²) in [5.41, 5.74) is 0.464. The molecule has 6 heteroatoms. The normalized spacial score (nSPS) is 16.3. The van der Waals surface area contributed by atoms with E-state index in [1.54, 1.807) is 35.4 Å². The van der Waals surface area contributed by atoms with Crippen LogP contribution in [0.5, 0.6) is 0 Å². The van der Waals surface area contributed by atoms with Crippen LogP contribution in [0.15, 0.2) is 49.0 Å². The highest BCUT2D eigenvalue weighted by Crippen LogP contribution is 2.26.